The summed E-state index contributed by atoms with van der Waals surface area (Å²) in [4.78, 5) is 34.9. The Bertz CT molecular complexity index is 1020. The molecule has 2 rings (SSSR count). The number of benzene rings is 1. The molecular weight excluding hydrogens is 420 g/mol. The molecule has 0 saturated heterocycles. The highest BCUT2D eigenvalue weighted by atomic mass is 16.6. The minimum atomic E-state index is -0.807. The average Bonchev–Trinajstić information content (AvgIpc) is 2.83. The quantitative estimate of drug-likeness (QED) is 0.283. The molecule has 0 amide bonds. The summed E-state index contributed by atoms with van der Waals surface area (Å²) in [5.41, 5.74) is 3.89. The molecule has 6 nitrogen and oxygen atoms in total. The smallest absolute Gasteiger partial charge is 0.335 e. The Morgan fingerprint density at radius 2 is 1.48 bits per heavy atom. The number of ether oxygens (including phenoxy) is 3. The van der Waals surface area contributed by atoms with Crippen LogP contribution in [0.25, 0.3) is 5.57 Å². The van der Waals surface area contributed by atoms with Crippen LogP contribution in [0.3, 0.4) is 0 Å². The van der Waals surface area contributed by atoms with E-state index in [-0.39, 0.29) is 0 Å². The molecule has 0 bridgehead atoms. The highest BCUT2D eigenvalue weighted by Gasteiger charge is 2.27. The Kier molecular flexibility index (Phi) is 9.36. The van der Waals surface area contributed by atoms with Crippen molar-refractivity contribution < 1.29 is 28.6 Å². The van der Waals surface area contributed by atoms with Gasteiger partial charge in [0.25, 0.3) is 0 Å². The van der Waals surface area contributed by atoms with Crippen LogP contribution in [-0.2, 0) is 23.9 Å². The molecule has 0 spiro atoms. The van der Waals surface area contributed by atoms with Crippen LogP contribution < -0.4 is 4.74 Å². The summed E-state index contributed by atoms with van der Waals surface area (Å²) < 4.78 is 15.9. The normalized spacial score (nSPS) is 17.7. The minimum Gasteiger partial charge on any atom is -0.451 e. The molecule has 0 aromatic heterocycles. The summed E-state index contributed by atoms with van der Waals surface area (Å²) in [6.07, 6.45) is 8.63. The first-order valence-corrected chi connectivity index (χ1v) is 10.5. The molecule has 2 atom stereocenters. The Labute approximate surface area is 194 Å². The number of carbonyl (C=O) groups excluding carboxylic acids is 3. The van der Waals surface area contributed by atoms with E-state index in [0.29, 0.717) is 5.75 Å². The van der Waals surface area contributed by atoms with E-state index in [2.05, 4.69) is 26.7 Å². The zero-order valence-corrected chi connectivity index (χ0v) is 18.9. The Morgan fingerprint density at radius 3 is 2.03 bits per heavy atom. The topological polar surface area (TPSA) is 78.9 Å². The zero-order chi connectivity index (χ0) is 24.4. The second kappa shape index (κ2) is 12.2. The lowest BCUT2D eigenvalue weighted by Crippen LogP contribution is -2.33. The maximum atomic E-state index is 11.8. The summed E-state index contributed by atoms with van der Waals surface area (Å²) in [5.74, 6) is -1.33. The predicted octanol–water partition coefficient (Wildman–Crippen LogP) is 5.04. The molecule has 1 aromatic carbocycles. The lowest BCUT2D eigenvalue weighted by molar-refractivity contribution is -0.154. The molecule has 0 radical (unpaired) electrons. The van der Waals surface area contributed by atoms with Gasteiger partial charge in [-0.3, -0.25) is 0 Å². The first-order valence-electron chi connectivity index (χ1n) is 10.5. The Balaban J connectivity index is 2.40. The maximum absolute atomic E-state index is 11.8. The third-order valence-electron chi connectivity index (χ3n) is 4.94. The number of carbonyl (C=O) groups is 3. The van der Waals surface area contributed by atoms with Crippen molar-refractivity contribution in [2.75, 3.05) is 0 Å². The lowest BCUT2D eigenvalue weighted by atomic mass is 9.89. The van der Waals surface area contributed by atoms with Crippen LogP contribution in [0.15, 0.2) is 91.6 Å². The maximum Gasteiger partial charge on any atom is 0.335 e. The highest BCUT2D eigenvalue weighted by Crippen LogP contribution is 2.32. The molecule has 0 heterocycles. The van der Waals surface area contributed by atoms with Gasteiger partial charge in [-0.2, -0.15) is 0 Å². The summed E-state index contributed by atoms with van der Waals surface area (Å²) in [6.45, 7) is 14.3. The fourth-order valence-corrected chi connectivity index (χ4v) is 3.31. The van der Waals surface area contributed by atoms with E-state index in [1.165, 1.54) is 0 Å². The van der Waals surface area contributed by atoms with Crippen molar-refractivity contribution >= 4 is 23.5 Å². The number of hydrogen-bond acceptors (Lipinski definition) is 6. The number of esters is 3. The van der Waals surface area contributed by atoms with Crippen molar-refractivity contribution in [2.45, 2.75) is 38.9 Å². The largest absolute Gasteiger partial charge is 0.451 e. The van der Waals surface area contributed by atoms with Crippen LogP contribution in [0, 0.1) is 0 Å². The number of rotatable bonds is 10. The molecule has 0 fully saturated rings. The predicted molar refractivity (Wildman–Crippen MR) is 127 cm³/mol. The van der Waals surface area contributed by atoms with Gasteiger partial charge in [0.05, 0.1) is 0 Å². The van der Waals surface area contributed by atoms with Gasteiger partial charge in [-0.1, -0.05) is 51.3 Å². The number of allylic oxidation sites excluding steroid dienone is 4. The van der Waals surface area contributed by atoms with Gasteiger partial charge in [0.15, 0.2) is 12.2 Å². The van der Waals surface area contributed by atoms with E-state index in [4.69, 9.17) is 14.2 Å². The standard InChI is InChI=1S/C27H28O6/c1-6-10-22(19-11-14-21(15-12-19)31-25(28)7-2)18(5)20-13-16-23(32-26(29)8-3)24(17-20)33-27(30)9-4/h7-9,11-17,23-24H,2-4,6,10H2,1,5H3/b22-18+. The molecule has 2 unspecified atom stereocenters. The van der Waals surface area contributed by atoms with Gasteiger partial charge in [-0.25, -0.2) is 14.4 Å². The van der Waals surface area contributed by atoms with Gasteiger partial charge in [-0.05, 0) is 59.9 Å². The van der Waals surface area contributed by atoms with Crippen molar-refractivity contribution in [1.82, 2.24) is 0 Å². The molecule has 0 aliphatic heterocycles. The summed E-state index contributed by atoms with van der Waals surface area (Å²) in [7, 11) is 0. The van der Waals surface area contributed by atoms with Gasteiger partial charge >= 0.3 is 17.9 Å². The average molecular weight is 449 g/mol. The fourth-order valence-electron chi connectivity index (χ4n) is 3.31. The fraction of sp³-hybridized carbons (Fsp3) is 0.222. The van der Waals surface area contributed by atoms with Crippen LogP contribution in [0.5, 0.6) is 5.75 Å². The first-order chi connectivity index (χ1) is 15.8. The van der Waals surface area contributed by atoms with Gasteiger partial charge in [-0.15, -0.1) is 0 Å². The highest BCUT2D eigenvalue weighted by molar-refractivity contribution is 5.84. The van der Waals surface area contributed by atoms with E-state index in [0.717, 1.165) is 53.4 Å². The van der Waals surface area contributed by atoms with E-state index >= 15 is 0 Å². The molecular formula is C27H28O6. The molecule has 1 aromatic rings. The summed E-state index contributed by atoms with van der Waals surface area (Å²) >= 11 is 0. The first kappa shape index (κ1) is 25.3. The zero-order valence-electron chi connectivity index (χ0n) is 18.9. The van der Waals surface area contributed by atoms with Crippen LogP contribution >= 0.6 is 0 Å². The molecule has 172 valence electrons. The van der Waals surface area contributed by atoms with Crippen molar-refractivity contribution in [2.24, 2.45) is 0 Å². The minimum absolute atomic E-state index is 0.428. The molecule has 1 aliphatic rings. The van der Waals surface area contributed by atoms with E-state index in [1.54, 1.807) is 24.3 Å². The third kappa shape index (κ3) is 7.04. The van der Waals surface area contributed by atoms with Gasteiger partial charge in [0, 0.05) is 18.2 Å². The second-order valence-corrected chi connectivity index (χ2v) is 7.20. The number of hydrogen-bond donors (Lipinski definition) is 0. The van der Waals surface area contributed by atoms with Crippen molar-refractivity contribution in [3.63, 3.8) is 0 Å². The SMILES string of the molecule is C=CC(=O)Oc1ccc(/C(CCC)=C(\C)C2=CC(OC(=O)C=C)C(OC(=O)C=C)C=C2)cc1. The molecule has 33 heavy (non-hydrogen) atoms. The van der Waals surface area contributed by atoms with E-state index in [9.17, 15) is 14.4 Å². The van der Waals surface area contributed by atoms with Gasteiger partial charge in [0.2, 0.25) is 0 Å². The van der Waals surface area contributed by atoms with E-state index < -0.39 is 30.1 Å². The molecule has 6 heteroatoms. The van der Waals surface area contributed by atoms with Crippen molar-refractivity contribution in [3.05, 3.63) is 97.2 Å². The molecule has 0 saturated carbocycles. The van der Waals surface area contributed by atoms with Gasteiger partial charge in [0.1, 0.15) is 5.75 Å². The second-order valence-electron chi connectivity index (χ2n) is 7.20. The van der Waals surface area contributed by atoms with Crippen LogP contribution in [0.1, 0.15) is 32.3 Å². The molecule has 0 N–H and O–H groups in total. The van der Waals surface area contributed by atoms with Crippen molar-refractivity contribution in [3.8, 4) is 5.75 Å². The van der Waals surface area contributed by atoms with Crippen LogP contribution in [0.2, 0.25) is 0 Å². The van der Waals surface area contributed by atoms with Crippen LogP contribution in [0.4, 0.5) is 0 Å². The Hall–Kier alpha value is -3.93. The van der Waals surface area contributed by atoms with Crippen molar-refractivity contribution in [1.29, 1.82) is 0 Å². The lowest BCUT2D eigenvalue weighted by Gasteiger charge is -2.26. The monoisotopic (exact) mass is 448 g/mol. The molecule has 1 aliphatic carbocycles. The van der Waals surface area contributed by atoms with E-state index in [1.807, 2.05) is 25.1 Å². The summed E-state index contributed by atoms with van der Waals surface area (Å²) in [5, 5.41) is 0. The third-order valence-corrected chi connectivity index (χ3v) is 4.94. The summed E-state index contributed by atoms with van der Waals surface area (Å²) in [6, 6.07) is 7.22. The van der Waals surface area contributed by atoms with Crippen LogP contribution in [-0.4, -0.2) is 30.1 Å². The van der Waals surface area contributed by atoms with Gasteiger partial charge < -0.3 is 14.2 Å². The Morgan fingerprint density at radius 1 is 0.909 bits per heavy atom.